The molecular formula is C12H16N4O4S2. The minimum absolute atomic E-state index is 0.0148. The summed E-state index contributed by atoms with van der Waals surface area (Å²) in [6.45, 7) is 0.846. The molecular weight excluding hydrogens is 328 g/mol. The van der Waals surface area contributed by atoms with E-state index in [1.165, 1.54) is 12.1 Å². The van der Waals surface area contributed by atoms with Crippen LogP contribution >= 0.6 is 0 Å². The number of nitrogens with one attached hydrogen (secondary N) is 1. The molecule has 22 heavy (non-hydrogen) atoms. The SMILES string of the molecule is NS(=O)(=O)c1ccc(S(=O)(=O)NCCCn2cccn2)cc1. The highest BCUT2D eigenvalue weighted by Crippen LogP contribution is 2.13. The highest BCUT2D eigenvalue weighted by atomic mass is 32.2. The van der Waals surface area contributed by atoms with E-state index in [2.05, 4.69) is 9.82 Å². The molecule has 1 aromatic heterocycles. The molecule has 0 saturated heterocycles. The molecule has 3 N–H and O–H groups in total. The Morgan fingerprint density at radius 1 is 1.09 bits per heavy atom. The molecule has 8 nitrogen and oxygen atoms in total. The number of hydrogen-bond donors (Lipinski definition) is 2. The number of nitrogens with two attached hydrogens (primary N) is 1. The fourth-order valence-corrected chi connectivity index (χ4v) is 3.36. The van der Waals surface area contributed by atoms with Gasteiger partial charge in [-0.05, 0) is 36.8 Å². The maximum atomic E-state index is 12.0. The molecule has 0 saturated carbocycles. The summed E-state index contributed by atoms with van der Waals surface area (Å²) in [5, 5.41) is 8.97. The summed E-state index contributed by atoms with van der Waals surface area (Å²) < 4.78 is 50.5. The second kappa shape index (κ2) is 6.57. The van der Waals surface area contributed by atoms with Crippen molar-refractivity contribution in [2.45, 2.75) is 22.8 Å². The fraction of sp³-hybridized carbons (Fsp3) is 0.250. The number of aromatic nitrogens is 2. The summed E-state index contributed by atoms with van der Waals surface area (Å²) in [7, 11) is -7.51. The van der Waals surface area contributed by atoms with E-state index < -0.39 is 20.0 Å². The van der Waals surface area contributed by atoms with Gasteiger partial charge in [-0.15, -0.1) is 0 Å². The quantitative estimate of drug-likeness (QED) is 0.679. The van der Waals surface area contributed by atoms with Crippen LogP contribution in [0.15, 0.2) is 52.5 Å². The van der Waals surface area contributed by atoms with Gasteiger partial charge in [-0.2, -0.15) is 5.10 Å². The van der Waals surface area contributed by atoms with E-state index in [4.69, 9.17) is 5.14 Å². The third kappa shape index (κ3) is 4.37. The summed E-state index contributed by atoms with van der Waals surface area (Å²) in [4.78, 5) is -0.149. The van der Waals surface area contributed by atoms with Crippen LogP contribution in [0.1, 0.15) is 6.42 Å². The minimum atomic E-state index is -3.84. The van der Waals surface area contributed by atoms with E-state index in [-0.39, 0.29) is 16.3 Å². The van der Waals surface area contributed by atoms with Crippen LogP contribution in [0.25, 0.3) is 0 Å². The summed E-state index contributed by atoms with van der Waals surface area (Å²) in [5.74, 6) is 0. The number of nitrogens with zero attached hydrogens (tertiary/aromatic N) is 2. The van der Waals surface area contributed by atoms with Crippen LogP contribution < -0.4 is 9.86 Å². The van der Waals surface area contributed by atoms with E-state index in [1.807, 2.05) is 0 Å². The monoisotopic (exact) mass is 344 g/mol. The molecule has 2 rings (SSSR count). The molecule has 0 unspecified atom stereocenters. The summed E-state index contributed by atoms with van der Waals surface area (Å²) in [6.07, 6.45) is 4.02. The Morgan fingerprint density at radius 3 is 2.27 bits per heavy atom. The van der Waals surface area contributed by atoms with Crippen molar-refractivity contribution in [3.8, 4) is 0 Å². The second-order valence-electron chi connectivity index (χ2n) is 4.54. The smallest absolute Gasteiger partial charge is 0.240 e. The Labute approximate surface area is 129 Å². The highest BCUT2D eigenvalue weighted by molar-refractivity contribution is 7.89. The molecule has 0 atom stereocenters. The minimum Gasteiger partial charge on any atom is -0.273 e. The molecule has 10 heteroatoms. The van der Waals surface area contributed by atoms with Gasteiger partial charge >= 0.3 is 0 Å². The largest absolute Gasteiger partial charge is 0.273 e. The van der Waals surface area contributed by atoms with Crippen molar-refractivity contribution in [1.82, 2.24) is 14.5 Å². The van der Waals surface area contributed by atoms with Crippen LogP contribution in [0.3, 0.4) is 0 Å². The summed E-state index contributed by atoms with van der Waals surface area (Å²) in [6, 6.07) is 6.52. The number of hydrogen-bond acceptors (Lipinski definition) is 5. The standard InChI is InChI=1S/C12H16N4O4S2/c13-21(17,18)11-3-5-12(6-4-11)22(19,20)15-8-2-10-16-9-1-7-14-16/h1,3-7,9,15H,2,8,10H2,(H2,13,17,18). The molecule has 0 aliphatic rings. The van der Waals surface area contributed by atoms with Crippen molar-refractivity contribution >= 4 is 20.0 Å². The molecule has 0 radical (unpaired) electrons. The zero-order valence-corrected chi connectivity index (χ0v) is 13.2. The molecule has 0 amide bonds. The first kappa shape index (κ1) is 16.6. The van der Waals surface area contributed by atoms with Crippen molar-refractivity contribution in [3.63, 3.8) is 0 Å². The molecule has 1 heterocycles. The Hall–Kier alpha value is -1.75. The van der Waals surface area contributed by atoms with E-state index in [0.717, 1.165) is 12.1 Å². The van der Waals surface area contributed by atoms with Crippen molar-refractivity contribution in [3.05, 3.63) is 42.7 Å². The van der Waals surface area contributed by atoms with Gasteiger partial charge in [0.1, 0.15) is 0 Å². The van der Waals surface area contributed by atoms with E-state index >= 15 is 0 Å². The zero-order chi connectivity index (χ0) is 16.2. The lowest BCUT2D eigenvalue weighted by atomic mass is 10.4. The van der Waals surface area contributed by atoms with Gasteiger partial charge in [0, 0.05) is 25.5 Å². The van der Waals surface area contributed by atoms with Crippen LogP contribution in [0.4, 0.5) is 0 Å². The Morgan fingerprint density at radius 2 is 1.73 bits per heavy atom. The molecule has 0 bridgehead atoms. The van der Waals surface area contributed by atoms with Gasteiger partial charge in [0.15, 0.2) is 0 Å². The Balaban J connectivity index is 1.95. The average molecular weight is 344 g/mol. The number of rotatable bonds is 7. The number of sulfonamides is 2. The van der Waals surface area contributed by atoms with Crippen LogP contribution in [0.2, 0.25) is 0 Å². The molecule has 0 aliphatic heterocycles. The van der Waals surface area contributed by atoms with Gasteiger partial charge in [0.25, 0.3) is 0 Å². The first-order valence-electron chi connectivity index (χ1n) is 6.39. The van der Waals surface area contributed by atoms with Crippen molar-refractivity contribution < 1.29 is 16.8 Å². The van der Waals surface area contributed by atoms with Gasteiger partial charge in [-0.25, -0.2) is 26.7 Å². The molecule has 1 aromatic carbocycles. The summed E-state index contributed by atoms with van der Waals surface area (Å²) in [5.41, 5.74) is 0. The third-order valence-electron chi connectivity index (χ3n) is 2.88. The Bertz CT molecular complexity index is 813. The van der Waals surface area contributed by atoms with Gasteiger partial charge in [-0.1, -0.05) is 0 Å². The van der Waals surface area contributed by atoms with E-state index in [1.54, 1.807) is 23.1 Å². The van der Waals surface area contributed by atoms with Crippen molar-refractivity contribution in [1.29, 1.82) is 0 Å². The first-order chi connectivity index (χ1) is 10.3. The predicted octanol–water partition coefficient (Wildman–Crippen LogP) is -0.101. The third-order valence-corrected chi connectivity index (χ3v) is 5.28. The maximum Gasteiger partial charge on any atom is 0.240 e. The molecule has 2 aromatic rings. The molecule has 0 spiro atoms. The number of aryl methyl sites for hydroxylation is 1. The Kier molecular flexibility index (Phi) is 4.96. The van der Waals surface area contributed by atoms with Crippen LogP contribution in [0, 0.1) is 0 Å². The molecule has 0 fully saturated rings. The van der Waals surface area contributed by atoms with E-state index in [0.29, 0.717) is 13.0 Å². The van der Waals surface area contributed by atoms with Crippen molar-refractivity contribution in [2.75, 3.05) is 6.54 Å². The van der Waals surface area contributed by atoms with Crippen LogP contribution in [-0.2, 0) is 26.6 Å². The second-order valence-corrected chi connectivity index (χ2v) is 7.87. The number of primary sulfonamides is 1. The first-order valence-corrected chi connectivity index (χ1v) is 9.42. The molecule has 0 aliphatic carbocycles. The lowest BCUT2D eigenvalue weighted by Crippen LogP contribution is -2.25. The van der Waals surface area contributed by atoms with Gasteiger partial charge in [0.05, 0.1) is 9.79 Å². The van der Waals surface area contributed by atoms with Crippen LogP contribution in [0.5, 0.6) is 0 Å². The average Bonchev–Trinajstić information content (AvgIpc) is 2.96. The number of benzene rings is 1. The normalized spacial score (nSPS) is 12.4. The van der Waals surface area contributed by atoms with Gasteiger partial charge in [0.2, 0.25) is 20.0 Å². The van der Waals surface area contributed by atoms with Gasteiger partial charge in [-0.3, -0.25) is 4.68 Å². The lowest BCUT2D eigenvalue weighted by molar-refractivity contribution is 0.553. The van der Waals surface area contributed by atoms with Gasteiger partial charge < -0.3 is 0 Å². The predicted molar refractivity (Wildman–Crippen MR) is 79.8 cm³/mol. The van der Waals surface area contributed by atoms with Crippen molar-refractivity contribution in [2.24, 2.45) is 5.14 Å². The fourth-order valence-electron chi connectivity index (χ4n) is 1.77. The van der Waals surface area contributed by atoms with Crippen LogP contribution in [-0.4, -0.2) is 33.2 Å². The highest BCUT2D eigenvalue weighted by Gasteiger charge is 2.15. The van der Waals surface area contributed by atoms with E-state index in [9.17, 15) is 16.8 Å². The lowest BCUT2D eigenvalue weighted by Gasteiger charge is -2.07. The topological polar surface area (TPSA) is 124 Å². The summed E-state index contributed by atoms with van der Waals surface area (Å²) >= 11 is 0. The maximum absolute atomic E-state index is 12.0. The zero-order valence-electron chi connectivity index (χ0n) is 11.6. The molecule has 120 valence electrons.